The van der Waals surface area contributed by atoms with Crippen molar-refractivity contribution < 1.29 is 90.2 Å². The van der Waals surface area contributed by atoms with E-state index in [1.165, 1.54) is 24.3 Å². The number of nitrogens with zero attached hydrogens (tertiary/aromatic N) is 3. The number of nitrogen functional groups attached to an aromatic ring is 1. The average Bonchev–Trinajstić information content (AvgIpc) is 2.71. The molecule has 16 heteroatoms. The van der Waals surface area contributed by atoms with Gasteiger partial charge in [-0.05, 0) is 41.8 Å². The van der Waals surface area contributed by atoms with Crippen LogP contribution in [0.4, 0.5) is 22.7 Å². The molecule has 3 aromatic carbocycles. The summed E-state index contributed by atoms with van der Waals surface area (Å²) in [6.07, 6.45) is 0. The zero-order valence-corrected chi connectivity index (χ0v) is 25.6. The first-order chi connectivity index (χ1) is 15.3. The maximum Gasteiger partial charge on any atom is 1.00 e. The monoisotopic (exact) mass is 598 g/mol. The molecular formula is C19H13BrN4Na2O7S2. The number of benzene rings is 3. The Balaban J connectivity index is 0.00000306. The van der Waals surface area contributed by atoms with E-state index in [1.807, 2.05) is 0 Å². The van der Waals surface area contributed by atoms with E-state index in [2.05, 4.69) is 37.7 Å². The van der Waals surface area contributed by atoms with Gasteiger partial charge in [0.1, 0.15) is 26.4 Å². The van der Waals surface area contributed by atoms with Crippen molar-refractivity contribution in [3.8, 4) is 0 Å². The van der Waals surface area contributed by atoms with Crippen LogP contribution in [0.15, 0.2) is 84.6 Å². The Morgan fingerprint density at radius 2 is 1.66 bits per heavy atom. The zero-order valence-electron chi connectivity index (χ0n) is 18.3. The average molecular weight is 599 g/mol. The summed E-state index contributed by atoms with van der Waals surface area (Å²) in [5.74, 6) is -0.722. The van der Waals surface area contributed by atoms with E-state index < -0.39 is 35.9 Å². The summed E-state index contributed by atoms with van der Waals surface area (Å²) < 4.78 is 66.8. The Bertz CT molecular complexity index is 1580. The largest absolute Gasteiger partial charge is 1.00 e. The van der Waals surface area contributed by atoms with Gasteiger partial charge in [-0.2, -0.15) is 8.42 Å². The van der Waals surface area contributed by atoms with Crippen LogP contribution in [-0.4, -0.2) is 31.8 Å². The van der Waals surface area contributed by atoms with E-state index in [1.54, 1.807) is 0 Å². The van der Waals surface area contributed by atoms with Crippen molar-refractivity contribution in [2.75, 3.05) is 5.73 Å². The summed E-state index contributed by atoms with van der Waals surface area (Å²) in [5, 5.41) is 20.2. The Hall–Kier alpha value is -1.17. The molecule has 0 aromatic heterocycles. The molecule has 0 fully saturated rings. The predicted octanol–water partition coefficient (Wildman–Crippen LogP) is -2.70. The second kappa shape index (κ2) is 12.4. The SMILES string of the molecule is C=C(Br)C([O-])=Nc1ccc(S(=O)(=O)O)c(N=Nc2c(N)ccc3cc(S(=O)(=O)[O-])ccc23)c1.[Na+].[Na+]. The Labute approximate surface area is 253 Å². The van der Waals surface area contributed by atoms with Crippen LogP contribution in [0.1, 0.15) is 0 Å². The smallest absolute Gasteiger partial charge is 0.858 e. The van der Waals surface area contributed by atoms with E-state index in [0.717, 1.165) is 24.3 Å². The molecule has 0 atom stereocenters. The van der Waals surface area contributed by atoms with Gasteiger partial charge in [0, 0.05) is 15.8 Å². The fraction of sp³-hybridized carbons (Fsp3) is 0. The molecule has 3 rings (SSSR count). The van der Waals surface area contributed by atoms with Crippen molar-refractivity contribution in [1.82, 2.24) is 0 Å². The van der Waals surface area contributed by atoms with Gasteiger partial charge in [0.25, 0.3) is 10.1 Å². The second-order valence-corrected chi connectivity index (χ2v) is 10.2. The molecule has 0 heterocycles. The van der Waals surface area contributed by atoms with Crippen LogP contribution in [0.25, 0.3) is 10.8 Å². The molecular weight excluding hydrogens is 586 g/mol. The molecule has 0 unspecified atom stereocenters. The summed E-state index contributed by atoms with van der Waals surface area (Å²) >= 11 is 2.88. The molecule has 0 aliphatic rings. The topological polar surface area (TPSA) is 198 Å². The van der Waals surface area contributed by atoms with Crippen LogP contribution in [0, 0.1) is 0 Å². The molecule has 0 aliphatic carbocycles. The number of rotatable bonds is 6. The fourth-order valence-corrected chi connectivity index (χ4v) is 3.93. The van der Waals surface area contributed by atoms with Crippen molar-refractivity contribution in [2.24, 2.45) is 15.2 Å². The van der Waals surface area contributed by atoms with Gasteiger partial charge in [-0.25, -0.2) is 8.42 Å². The van der Waals surface area contributed by atoms with Gasteiger partial charge in [-0.3, -0.25) is 9.55 Å². The van der Waals surface area contributed by atoms with E-state index in [4.69, 9.17) is 5.73 Å². The summed E-state index contributed by atoms with van der Waals surface area (Å²) in [5.41, 5.74) is 5.78. The molecule has 0 bridgehead atoms. The normalized spacial score (nSPS) is 12.3. The molecule has 0 amide bonds. The number of fused-ring (bicyclic) bond motifs is 1. The van der Waals surface area contributed by atoms with Crippen molar-refractivity contribution in [1.29, 1.82) is 0 Å². The van der Waals surface area contributed by atoms with Crippen molar-refractivity contribution in [3.05, 3.63) is 59.6 Å². The van der Waals surface area contributed by atoms with Gasteiger partial charge in [0.05, 0.1) is 16.3 Å². The standard InChI is InChI=1S/C19H15BrN4O7S2.2Na/c1-10(20)19(25)22-12-3-7-17(33(29,30)31)16(9-12)23-24-18-14-5-4-13(32(26,27)28)8-11(14)2-6-15(18)21;;/h2-9H,1,21H2,(H,22,25)(H,26,27,28)(H,29,30,31);;/q;2*+1/p-2. The maximum absolute atomic E-state index is 11.8. The summed E-state index contributed by atoms with van der Waals surface area (Å²) in [6.45, 7) is 3.39. The first kappa shape index (κ1) is 31.9. The molecule has 0 radical (unpaired) electrons. The summed E-state index contributed by atoms with van der Waals surface area (Å²) in [4.78, 5) is 2.67. The molecule has 35 heavy (non-hydrogen) atoms. The second-order valence-electron chi connectivity index (χ2n) is 6.49. The van der Waals surface area contributed by atoms with Crippen LogP contribution in [0.2, 0.25) is 0 Å². The number of aliphatic imine (C=N–C) groups is 1. The number of azo groups is 1. The summed E-state index contributed by atoms with van der Waals surface area (Å²) in [7, 11) is -9.41. The third-order valence-electron chi connectivity index (χ3n) is 4.22. The summed E-state index contributed by atoms with van der Waals surface area (Å²) in [6, 6.07) is 9.65. The number of hydrogen-bond donors (Lipinski definition) is 2. The van der Waals surface area contributed by atoms with Crippen molar-refractivity contribution >= 4 is 75.6 Å². The zero-order chi connectivity index (χ0) is 24.6. The molecule has 0 saturated carbocycles. The van der Waals surface area contributed by atoms with E-state index in [0.29, 0.717) is 10.8 Å². The molecule has 0 spiro atoms. The minimum atomic E-state index is -4.71. The minimum Gasteiger partial charge on any atom is -0.858 e. The van der Waals surface area contributed by atoms with Gasteiger partial charge in [0.15, 0.2) is 0 Å². The van der Waals surface area contributed by atoms with Gasteiger partial charge < -0.3 is 15.4 Å². The van der Waals surface area contributed by atoms with Gasteiger partial charge in [0.2, 0.25) is 0 Å². The first-order valence-electron chi connectivity index (χ1n) is 8.69. The first-order valence-corrected chi connectivity index (χ1v) is 12.3. The van der Waals surface area contributed by atoms with E-state index in [-0.39, 0.29) is 86.3 Å². The Morgan fingerprint density at radius 1 is 1.00 bits per heavy atom. The van der Waals surface area contributed by atoms with Gasteiger partial charge >= 0.3 is 59.1 Å². The number of halogens is 1. The van der Waals surface area contributed by atoms with E-state index in [9.17, 15) is 31.0 Å². The van der Waals surface area contributed by atoms with Crippen LogP contribution in [-0.2, 0) is 20.2 Å². The Morgan fingerprint density at radius 3 is 2.23 bits per heavy atom. The van der Waals surface area contributed by atoms with E-state index >= 15 is 0 Å². The van der Waals surface area contributed by atoms with Crippen LogP contribution >= 0.6 is 15.9 Å². The number of nitrogens with two attached hydrogens (primary N) is 1. The fourth-order valence-electron chi connectivity index (χ4n) is 2.73. The molecule has 11 nitrogen and oxygen atoms in total. The van der Waals surface area contributed by atoms with Crippen molar-refractivity contribution in [2.45, 2.75) is 9.79 Å². The quantitative estimate of drug-likeness (QED) is 0.0762. The third kappa shape index (κ3) is 7.90. The maximum atomic E-state index is 11.8. The molecule has 3 N–H and O–H groups in total. The molecule has 3 aromatic rings. The molecule has 172 valence electrons. The Kier molecular flexibility index (Phi) is 11.3. The molecule has 0 aliphatic heterocycles. The van der Waals surface area contributed by atoms with Gasteiger partial charge in [-0.15, -0.1) is 10.2 Å². The minimum absolute atomic E-state index is 0. The third-order valence-corrected chi connectivity index (χ3v) is 6.30. The van der Waals surface area contributed by atoms with Crippen LogP contribution in [0.5, 0.6) is 0 Å². The van der Waals surface area contributed by atoms with Crippen LogP contribution < -0.4 is 70.0 Å². The number of anilines is 1. The van der Waals surface area contributed by atoms with Gasteiger partial charge in [-0.1, -0.05) is 34.6 Å². The number of hydrogen-bond acceptors (Lipinski definition) is 10. The van der Waals surface area contributed by atoms with Crippen molar-refractivity contribution in [3.63, 3.8) is 0 Å². The predicted molar refractivity (Wildman–Crippen MR) is 122 cm³/mol. The molecule has 0 saturated heterocycles. The van der Waals surface area contributed by atoms with Crippen LogP contribution in [0.3, 0.4) is 0 Å².